The van der Waals surface area contributed by atoms with Gasteiger partial charge in [-0.25, -0.2) is 0 Å². The number of rotatable bonds is 3. The minimum atomic E-state index is 0.165. The summed E-state index contributed by atoms with van der Waals surface area (Å²) in [6.07, 6.45) is 11.9. The summed E-state index contributed by atoms with van der Waals surface area (Å²) in [5.41, 5.74) is 1.55. The lowest BCUT2D eigenvalue weighted by Gasteiger charge is -2.33. The highest BCUT2D eigenvalue weighted by atomic mass is 14.3. The predicted molar refractivity (Wildman–Crippen MR) is 70.2 cm³/mol. The van der Waals surface area contributed by atoms with Crippen molar-refractivity contribution in [3.8, 4) is 0 Å². The fourth-order valence-corrected chi connectivity index (χ4v) is 2.35. The van der Waals surface area contributed by atoms with Gasteiger partial charge in [-0.3, -0.25) is 0 Å². The average molecular weight is 210 g/mol. The van der Waals surface area contributed by atoms with Crippen LogP contribution >= 0.6 is 0 Å². The molecule has 0 saturated heterocycles. The van der Waals surface area contributed by atoms with Crippen LogP contribution in [0.2, 0.25) is 0 Å². The molecule has 0 saturated carbocycles. The molecule has 16 heavy (non-hydrogen) atoms. The van der Waals surface area contributed by atoms with Gasteiger partial charge in [-0.1, -0.05) is 67.6 Å². The van der Waals surface area contributed by atoms with Gasteiger partial charge in [0.15, 0.2) is 0 Å². The molecule has 0 aromatic heterocycles. The predicted octanol–water partition coefficient (Wildman–Crippen LogP) is 4.16. The van der Waals surface area contributed by atoms with E-state index in [4.69, 9.17) is 0 Å². The van der Waals surface area contributed by atoms with Crippen molar-refractivity contribution in [1.29, 1.82) is 0 Å². The highest BCUT2D eigenvalue weighted by Crippen LogP contribution is 2.37. The van der Waals surface area contributed by atoms with E-state index in [-0.39, 0.29) is 5.41 Å². The molecule has 0 aliphatic heterocycles. The van der Waals surface area contributed by atoms with E-state index in [0.29, 0.717) is 5.92 Å². The van der Waals surface area contributed by atoms with Gasteiger partial charge in [-0.2, -0.15) is 0 Å². The van der Waals surface area contributed by atoms with Crippen LogP contribution in [0.3, 0.4) is 0 Å². The summed E-state index contributed by atoms with van der Waals surface area (Å²) >= 11 is 0. The standard InChI is InChI=1S/C16H18/c1-3-15-11-7-8-12-16(15,2)13-14-9-5-4-6-10-14/h3-12,15H,1,13H2,2H3. The number of hydrogen-bond donors (Lipinski definition) is 0. The van der Waals surface area contributed by atoms with Gasteiger partial charge in [-0.05, 0) is 17.4 Å². The summed E-state index contributed by atoms with van der Waals surface area (Å²) in [5.74, 6) is 0.428. The number of benzene rings is 1. The maximum atomic E-state index is 3.94. The van der Waals surface area contributed by atoms with Crippen molar-refractivity contribution in [2.75, 3.05) is 0 Å². The summed E-state index contributed by atoms with van der Waals surface area (Å²) in [5, 5.41) is 0. The lowest BCUT2D eigenvalue weighted by atomic mass is 9.71. The quantitative estimate of drug-likeness (QED) is 0.657. The Balaban J connectivity index is 2.22. The first kappa shape index (κ1) is 10.9. The molecule has 0 nitrogen and oxygen atoms in total. The fourth-order valence-electron chi connectivity index (χ4n) is 2.35. The Kier molecular flexibility index (Phi) is 3.09. The lowest BCUT2D eigenvalue weighted by Crippen LogP contribution is -2.26. The highest BCUT2D eigenvalue weighted by Gasteiger charge is 2.29. The van der Waals surface area contributed by atoms with Gasteiger partial charge in [0.05, 0.1) is 0 Å². The molecule has 0 bridgehead atoms. The average Bonchev–Trinajstić information content (AvgIpc) is 2.30. The summed E-state index contributed by atoms with van der Waals surface area (Å²) in [7, 11) is 0. The normalized spacial score (nSPS) is 27.9. The minimum absolute atomic E-state index is 0.165. The van der Waals surface area contributed by atoms with Crippen LogP contribution in [0.1, 0.15) is 12.5 Å². The molecule has 1 aromatic rings. The third kappa shape index (κ3) is 2.16. The van der Waals surface area contributed by atoms with Crippen molar-refractivity contribution in [2.24, 2.45) is 11.3 Å². The molecular formula is C16H18. The Hall–Kier alpha value is -1.56. The molecule has 1 aromatic carbocycles. The molecule has 0 N–H and O–H groups in total. The van der Waals surface area contributed by atoms with E-state index >= 15 is 0 Å². The smallest absolute Gasteiger partial charge is 0.00387 e. The van der Waals surface area contributed by atoms with Crippen LogP contribution in [0.25, 0.3) is 0 Å². The maximum Gasteiger partial charge on any atom is 0.00387 e. The van der Waals surface area contributed by atoms with E-state index in [1.807, 2.05) is 6.08 Å². The zero-order valence-corrected chi connectivity index (χ0v) is 9.77. The molecule has 1 aliphatic rings. The Morgan fingerprint density at radius 2 is 2.00 bits per heavy atom. The molecule has 0 heteroatoms. The summed E-state index contributed by atoms with van der Waals surface area (Å²) in [4.78, 5) is 0. The van der Waals surface area contributed by atoms with Crippen molar-refractivity contribution in [1.82, 2.24) is 0 Å². The topological polar surface area (TPSA) is 0 Å². The van der Waals surface area contributed by atoms with Crippen molar-refractivity contribution < 1.29 is 0 Å². The number of allylic oxidation sites excluding steroid dienone is 5. The molecule has 0 radical (unpaired) electrons. The molecule has 2 atom stereocenters. The largest absolute Gasteiger partial charge is 0.102 e. The van der Waals surface area contributed by atoms with E-state index in [9.17, 15) is 0 Å². The molecule has 0 fully saturated rings. The molecule has 0 amide bonds. The molecule has 2 unspecified atom stereocenters. The van der Waals surface area contributed by atoms with Gasteiger partial charge in [0, 0.05) is 5.92 Å². The second kappa shape index (κ2) is 4.52. The monoisotopic (exact) mass is 210 g/mol. The first-order valence-corrected chi connectivity index (χ1v) is 5.77. The molecule has 2 rings (SSSR count). The van der Waals surface area contributed by atoms with E-state index in [1.165, 1.54) is 5.56 Å². The van der Waals surface area contributed by atoms with Crippen LogP contribution in [0, 0.1) is 11.3 Å². The van der Waals surface area contributed by atoms with Gasteiger partial charge >= 0.3 is 0 Å². The first-order valence-electron chi connectivity index (χ1n) is 5.77. The molecular weight excluding hydrogens is 192 g/mol. The molecule has 82 valence electrons. The molecule has 1 aliphatic carbocycles. The van der Waals surface area contributed by atoms with Crippen molar-refractivity contribution in [3.63, 3.8) is 0 Å². The zero-order valence-electron chi connectivity index (χ0n) is 9.77. The summed E-state index contributed by atoms with van der Waals surface area (Å²) in [6, 6.07) is 10.6. The van der Waals surface area contributed by atoms with Gasteiger partial charge in [0.25, 0.3) is 0 Å². The van der Waals surface area contributed by atoms with Gasteiger partial charge in [0.1, 0.15) is 0 Å². The van der Waals surface area contributed by atoms with Crippen molar-refractivity contribution >= 4 is 0 Å². The van der Waals surface area contributed by atoms with Crippen LogP contribution in [-0.2, 0) is 6.42 Å². The van der Waals surface area contributed by atoms with E-state index in [2.05, 4.69) is 68.1 Å². The van der Waals surface area contributed by atoms with Gasteiger partial charge < -0.3 is 0 Å². The maximum absolute atomic E-state index is 3.94. The molecule has 0 heterocycles. The van der Waals surface area contributed by atoms with Gasteiger partial charge in [-0.15, -0.1) is 6.58 Å². The van der Waals surface area contributed by atoms with Gasteiger partial charge in [0.2, 0.25) is 0 Å². The second-order valence-electron chi connectivity index (χ2n) is 4.67. The fraction of sp³-hybridized carbons (Fsp3) is 0.250. The Morgan fingerprint density at radius 3 is 2.69 bits per heavy atom. The van der Waals surface area contributed by atoms with E-state index in [0.717, 1.165) is 6.42 Å². The van der Waals surface area contributed by atoms with Crippen molar-refractivity contribution in [3.05, 3.63) is 72.9 Å². The van der Waals surface area contributed by atoms with Crippen LogP contribution < -0.4 is 0 Å². The van der Waals surface area contributed by atoms with Crippen LogP contribution in [-0.4, -0.2) is 0 Å². The zero-order chi connectivity index (χ0) is 11.4. The lowest BCUT2D eigenvalue weighted by molar-refractivity contribution is 0.352. The molecule has 0 spiro atoms. The SMILES string of the molecule is C=CC1C=CC=CC1(C)Cc1ccccc1. The Bertz CT molecular complexity index is 411. The van der Waals surface area contributed by atoms with E-state index < -0.39 is 0 Å². The summed E-state index contributed by atoms with van der Waals surface area (Å²) in [6.45, 7) is 6.23. The van der Waals surface area contributed by atoms with Crippen LogP contribution in [0.4, 0.5) is 0 Å². The summed E-state index contributed by atoms with van der Waals surface area (Å²) < 4.78 is 0. The van der Waals surface area contributed by atoms with E-state index in [1.54, 1.807) is 0 Å². The second-order valence-corrected chi connectivity index (χ2v) is 4.67. The first-order chi connectivity index (χ1) is 7.74. The van der Waals surface area contributed by atoms with Crippen LogP contribution in [0.15, 0.2) is 67.3 Å². The minimum Gasteiger partial charge on any atom is -0.102 e. The Labute approximate surface area is 98.0 Å². The van der Waals surface area contributed by atoms with Crippen LogP contribution in [0.5, 0.6) is 0 Å². The third-order valence-electron chi connectivity index (χ3n) is 3.35. The van der Waals surface area contributed by atoms with Crippen molar-refractivity contribution in [2.45, 2.75) is 13.3 Å². The third-order valence-corrected chi connectivity index (χ3v) is 3.35. The number of hydrogen-bond acceptors (Lipinski definition) is 0. The highest BCUT2D eigenvalue weighted by molar-refractivity contribution is 5.27. The Morgan fingerprint density at radius 1 is 1.25 bits per heavy atom.